The summed E-state index contributed by atoms with van der Waals surface area (Å²) in [5.41, 5.74) is 3.06. The Bertz CT molecular complexity index is 855. The summed E-state index contributed by atoms with van der Waals surface area (Å²) in [7, 11) is 0. The minimum Gasteiger partial charge on any atom is -0.354 e. The van der Waals surface area contributed by atoms with Crippen LogP contribution >= 0.6 is 11.6 Å². The molecule has 24 heavy (non-hydrogen) atoms. The highest BCUT2D eigenvalue weighted by molar-refractivity contribution is 6.30. The first-order chi connectivity index (χ1) is 11.6. The van der Waals surface area contributed by atoms with Crippen molar-refractivity contribution in [2.45, 2.75) is 26.3 Å². The first kappa shape index (κ1) is 16.5. The molecule has 2 aromatic carbocycles. The van der Waals surface area contributed by atoms with E-state index in [0.29, 0.717) is 6.54 Å². The Labute approximate surface area is 146 Å². The number of carbonyl (C=O) groups excluding carboxylic acids is 1. The number of amides is 1. The van der Waals surface area contributed by atoms with Crippen molar-refractivity contribution in [3.63, 3.8) is 0 Å². The van der Waals surface area contributed by atoms with Gasteiger partial charge in [0.05, 0.1) is 11.2 Å². The zero-order valence-corrected chi connectivity index (χ0v) is 14.5. The maximum absolute atomic E-state index is 12.4. The molecule has 0 unspecified atom stereocenters. The molecule has 0 spiro atoms. The summed E-state index contributed by atoms with van der Waals surface area (Å²) in [6.07, 6.45) is 0.772. The molecule has 0 aliphatic heterocycles. The first-order valence-corrected chi connectivity index (χ1v) is 8.40. The average Bonchev–Trinajstić information content (AvgIpc) is 2.93. The molecular formula is C19H20ClN3O. The van der Waals surface area contributed by atoms with Gasteiger partial charge in [0.2, 0.25) is 5.91 Å². The number of aromatic nitrogens is 2. The second-order valence-corrected chi connectivity index (χ2v) is 6.33. The maximum atomic E-state index is 12.4. The van der Waals surface area contributed by atoms with E-state index in [1.165, 1.54) is 0 Å². The molecule has 3 rings (SSSR count). The maximum Gasteiger partial charge on any atom is 0.244 e. The van der Waals surface area contributed by atoms with Gasteiger partial charge in [0, 0.05) is 17.0 Å². The minimum atomic E-state index is -0.353. The number of carbonyl (C=O) groups is 1. The Balaban J connectivity index is 1.65. The Morgan fingerprint density at radius 2 is 1.92 bits per heavy atom. The van der Waals surface area contributed by atoms with Gasteiger partial charge in [-0.05, 0) is 44.0 Å². The fraction of sp³-hybridized carbons (Fsp3) is 0.263. The zero-order valence-electron chi connectivity index (χ0n) is 13.8. The smallest absolute Gasteiger partial charge is 0.244 e. The molecule has 0 fully saturated rings. The summed E-state index contributed by atoms with van der Waals surface area (Å²) in [6, 6.07) is 15.3. The van der Waals surface area contributed by atoms with Gasteiger partial charge in [-0.25, -0.2) is 0 Å². The minimum absolute atomic E-state index is 0.0304. The van der Waals surface area contributed by atoms with Crippen LogP contribution in [0.15, 0.2) is 48.5 Å². The molecule has 0 bridgehead atoms. The summed E-state index contributed by atoms with van der Waals surface area (Å²) in [6.45, 7) is 4.42. The third-order valence-electron chi connectivity index (χ3n) is 4.17. The number of rotatable bonds is 5. The van der Waals surface area contributed by atoms with Crippen LogP contribution in [0.3, 0.4) is 0 Å². The second kappa shape index (κ2) is 7.05. The number of nitrogens with one attached hydrogen (secondary N) is 1. The van der Waals surface area contributed by atoms with Gasteiger partial charge >= 0.3 is 0 Å². The topological polar surface area (TPSA) is 46.9 Å². The van der Waals surface area contributed by atoms with Crippen LogP contribution in [0, 0.1) is 6.92 Å². The van der Waals surface area contributed by atoms with E-state index in [2.05, 4.69) is 10.4 Å². The Kier molecular flexibility index (Phi) is 4.86. The van der Waals surface area contributed by atoms with Crippen LogP contribution in [0.2, 0.25) is 5.02 Å². The number of aryl methyl sites for hydroxylation is 1. The van der Waals surface area contributed by atoms with E-state index < -0.39 is 0 Å². The molecule has 4 nitrogen and oxygen atoms in total. The van der Waals surface area contributed by atoms with Crippen molar-refractivity contribution in [3.05, 3.63) is 64.8 Å². The van der Waals surface area contributed by atoms with Gasteiger partial charge in [0.25, 0.3) is 0 Å². The lowest BCUT2D eigenvalue weighted by Crippen LogP contribution is -2.32. The number of fused-ring (bicyclic) bond motifs is 1. The third kappa shape index (κ3) is 3.44. The van der Waals surface area contributed by atoms with Crippen LogP contribution in [-0.2, 0) is 11.2 Å². The molecule has 0 radical (unpaired) electrons. The number of hydrogen-bond donors (Lipinski definition) is 1. The van der Waals surface area contributed by atoms with Gasteiger partial charge in [-0.15, -0.1) is 0 Å². The number of benzene rings is 2. The molecule has 1 N–H and O–H groups in total. The van der Waals surface area contributed by atoms with Gasteiger partial charge in [0.1, 0.15) is 6.04 Å². The van der Waals surface area contributed by atoms with Gasteiger partial charge < -0.3 is 5.32 Å². The van der Waals surface area contributed by atoms with Crippen molar-refractivity contribution in [2.75, 3.05) is 6.54 Å². The molecule has 0 saturated heterocycles. The van der Waals surface area contributed by atoms with Crippen molar-refractivity contribution in [1.82, 2.24) is 15.1 Å². The van der Waals surface area contributed by atoms with Crippen LogP contribution < -0.4 is 5.32 Å². The van der Waals surface area contributed by atoms with Gasteiger partial charge in [0.15, 0.2) is 0 Å². The molecule has 1 aromatic heterocycles. The van der Waals surface area contributed by atoms with Gasteiger partial charge in [-0.1, -0.05) is 41.9 Å². The van der Waals surface area contributed by atoms with E-state index in [1.807, 2.05) is 62.4 Å². The molecular weight excluding hydrogens is 322 g/mol. The monoisotopic (exact) mass is 341 g/mol. The highest BCUT2D eigenvalue weighted by atomic mass is 35.5. The molecule has 3 aromatic rings. The van der Waals surface area contributed by atoms with E-state index in [4.69, 9.17) is 11.6 Å². The molecule has 124 valence electrons. The summed E-state index contributed by atoms with van der Waals surface area (Å²) in [4.78, 5) is 12.4. The summed E-state index contributed by atoms with van der Waals surface area (Å²) >= 11 is 5.88. The van der Waals surface area contributed by atoms with Gasteiger partial charge in [-0.3, -0.25) is 9.48 Å². The summed E-state index contributed by atoms with van der Waals surface area (Å²) in [5, 5.41) is 9.31. The van der Waals surface area contributed by atoms with Crippen LogP contribution in [0.4, 0.5) is 0 Å². The van der Waals surface area contributed by atoms with Crippen molar-refractivity contribution in [3.8, 4) is 0 Å². The molecule has 1 atom stereocenters. The standard InChI is InChI=1S/C19H20ClN3O/c1-13-17-5-3-4-6-18(17)23(22-13)14(2)19(24)21-12-11-15-7-9-16(20)10-8-15/h3-10,14H,11-12H2,1-2H3,(H,21,24)/t14-/m0/s1. The lowest BCUT2D eigenvalue weighted by atomic mass is 10.1. The number of hydrogen-bond acceptors (Lipinski definition) is 2. The normalized spacial score (nSPS) is 12.3. The first-order valence-electron chi connectivity index (χ1n) is 8.02. The zero-order chi connectivity index (χ0) is 17.1. The summed E-state index contributed by atoms with van der Waals surface area (Å²) < 4.78 is 1.79. The predicted octanol–water partition coefficient (Wildman–Crippen LogP) is 3.92. The SMILES string of the molecule is Cc1nn([C@@H](C)C(=O)NCCc2ccc(Cl)cc2)c2ccccc12. The van der Waals surface area contributed by atoms with Crippen LogP contribution in [-0.4, -0.2) is 22.2 Å². The van der Waals surface area contributed by atoms with E-state index in [9.17, 15) is 4.79 Å². The molecule has 0 aliphatic rings. The largest absolute Gasteiger partial charge is 0.354 e. The van der Waals surface area contributed by atoms with Crippen LogP contribution in [0.5, 0.6) is 0 Å². The number of nitrogens with zero attached hydrogens (tertiary/aromatic N) is 2. The van der Waals surface area contributed by atoms with Crippen molar-refractivity contribution in [2.24, 2.45) is 0 Å². The highest BCUT2D eigenvalue weighted by Crippen LogP contribution is 2.21. The van der Waals surface area contributed by atoms with E-state index in [0.717, 1.165) is 33.6 Å². The van der Waals surface area contributed by atoms with E-state index >= 15 is 0 Å². The lowest BCUT2D eigenvalue weighted by Gasteiger charge is -2.14. The molecule has 0 aliphatic carbocycles. The fourth-order valence-electron chi connectivity index (χ4n) is 2.78. The molecule has 1 amide bonds. The van der Waals surface area contributed by atoms with Crippen molar-refractivity contribution < 1.29 is 4.79 Å². The quantitative estimate of drug-likeness (QED) is 0.764. The van der Waals surface area contributed by atoms with E-state index in [1.54, 1.807) is 4.68 Å². The van der Waals surface area contributed by atoms with Gasteiger partial charge in [-0.2, -0.15) is 5.10 Å². The highest BCUT2D eigenvalue weighted by Gasteiger charge is 2.18. The number of para-hydroxylation sites is 1. The van der Waals surface area contributed by atoms with Crippen molar-refractivity contribution in [1.29, 1.82) is 0 Å². The van der Waals surface area contributed by atoms with Crippen LogP contribution in [0.1, 0.15) is 24.2 Å². The Morgan fingerprint density at radius 1 is 1.21 bits per heavy atom. The Hall–Kier alpha value is -2.33. The second-order valence-electron chi connectivity index (χ2n) is 5.89. The number of halogens is 1. The third-order valence-corrected chi connectivity index (χ3v) is 4.42. The Morgan fingerprint density at radius 3 is 2.67 bits per heavy atom. The van der Waals surface area contributed by atoms with Crippen LogP contribution in [0.25, 0.3) is 10.9 Å². The molecule has 1 heterocycles. The lowest BCUT2D eigenvalue weighted by molar-refractivity contribution is -0.124. The van der Waals surface area contributed by atoms with E-state index in [-0.39, 0.29) is 11.9 Å². The molecule has 5 heteroatoms. The molecule has 0 saturated carbocycles. The summed E-state index contributed by atoms with van der Waals surface area (Å²) in [5.74, 6) is -0.0304. The van der Waals surface area contributed by atoms with Crippen molar-refractivity contribution >= 4 is 28.4 Å². The fourth-order valence-corrected chi connectivity index (χ4v) is 2.91. The predicted molar refractivity (Wildman–Crippen MR) is 97.3 cm³/mol. The average molecular weight is 342 g/mol.